The molecule has 9 rings (SSSR count). The molecule has 3 nitrogen and oxygen atoms in total. The van der Waals surface area contributed by atoms with Gasteiger partial charge in [0, 0.05) is 11.4 Å². The minimum absolute atomic E-state index is 0.657. The predicted octanol–water partition coefficient (Wildman–Crippen LogP) is 13.2. The van der Waals surface area contributed by atoms with Crippen molar-refractivity contribution < 1.29 is 9.47 Å². The van der Waals surface area contributed by atoms with Gasteiger partial charge in [0.05, 0.1) is 11.1 Å². The molecule has 0 unspecified atom stereocenters. The minimum atomic E-state index is 0.657. The summed E-state index contributed by atoms with van der Waals surface area (Å²) in [5.41, 5.74) is 9.75. The summed E-state index contributed by atoms with van der Waals surface area (Å²) in [4.78, 5) is 2.28. The molecule has 0 saturated heterocycles. The molecule has 1 aliphatic rings. The van der Waals surface area contributed by atoms with Gasteiger partial charge in [-0.25, -0.2) is 0 Å². The summed E-state index contributed by atoms with van der Waals surface area (Å²) < 4.78 is 13.5. The molecule has 0 aromatic heterocycles. The Balaban J connectivity index is 1.27. The van der Waals surface area contributed by atoms with Crippen LogP contribution in [0.1, 0.15) is 0 Å². The van der Waals surface area contributed by atoms with E-state index in [4.69, 9.17) is 9.47 Å². The molecule has 0 bridgehead atoms. The van der Waals surface area contributed by atoms with Crippen molar-refractivity contribution in [1.29, 1.82) is 0 Å². The summed E-state index contributed by atoms with van der Waals surface area (Å²) in [5, 5.41) is 2.03. The van der Waals surface area contributed by atoms with Crippen LogP contribution in [0.2, 0.25) is 0 Å². The lowest BCUT2D eigenvalue weighted by Gasteiger charge is -2.29. The maximum atomic E-state index is 6.89. The molecule has 8 aromatic carbocycles. The molecule has 0 atom stereocenters. The van der Waals surface area contributed by atoms with Gasteiger partial charge in [0.15, 0.2) is 11.5 Å². The molecule has 0 saturated carbocycles. The second-order valence-corrected chi connectivity index (χ2v) is 12.2. The fourth-order valence-electron chi connectivity index (χ4n) is 6.73. The summed E-state index contributed by atoms with van der Waals surface area (Å²) in [5.74, 6) is 2.86. The number of nitrogens with zero attached hydrogens (tertiary/aromatic N) is 1. The fourth-order valence-corrected chi connectivity index (χ4v) is 6.73. The average molecular weight is 630 g/mol. The Morgan fingerprint density at radius 3 is 1.41 bits per heavy atom. The van der Waals surface area contributed by atoms with E-state index in [1.54, 1.807) is 0 Å². The molecule has 0 aliphatic carbocycles. The molecule has 232 valence electrons. The van der Waals surface area contributed by atoms with Crippen LogP contribution in [0.3, 0.4) is 0 Å². The number of anilines is 3. The molecule has 0 radical (unpaired) electrons. The standard InChI is InChI=1S/C46H31NO2/c1-4-13-32(14-5-1)35-25-27-39(28-26-35)47(40-30-37(33-15-6-2-7-16-33)29-38(31-40)34-17-8-3-9-18-34)41-21-12-24-44-46(41)49-43-23-11-20-36-19-10-22-42(48-44)45(36)43/h1-31H. The van der Waals surface area contributed by atoms with Crippen LogP contribution in [0.15, 0.2) is 188 Å². The number of hydrogen-bond acceptors (Lipinski definition) is 3. The van der Waals surface area contributed by atoms with E-state index in [1.165, 1.54) is 5.56 Å². The molecular formula is C46H31NO2. The number of rotatable bonds is 6. The van der Waals surface area contributed by atoms with Crippen molar-refractivity contribution in [3.05, 3.63) is 188 Å². The zero-order valence-corrected chi connectivity index (χ0v) is 26.7. The van der Waals surface area contributed by atoms with Gasteiger partial charge in [-0.1, -0.05) is 133 Å². The zero-order valence-electron chi connectivity index (χ0n) is 26.7. The van der Waals surface area contributed by atoms with Crippen molar-refractivity contribution in [2.75, 3.05) is 4.90 Å². The van der Waals surface area contributed by atoms with Crippen LogP contribution in [-0.2, 0) is 0 Å². The molecule has 0 amide bonds. The van der Waals surface area contributed by atoms with Crippen LogP contribution in [0, 0.1) is 0 Å². The van der Waals surface area contributed by atoms with E-state index < -0.39 is 0 Å². The third-order valence-electron chi connectivity index (χ3n) is 9.08. The van der Waals surface area contributed by atoms with E-state index in [1.807, 2.05) is 42.5 Å². The van der Waals surface area contributed by atoms with Gasteiger partial charge in [-0.2, -0.15) is 0 Å². The quantitative estimate of drug-likeness (QED) is 0.183. The lowest BCUT2D eigenvalue weighted by atomic mass is 9.97. The molecule has 0 fully saturated rings. The number of fused-ring (bicyclic) bond motifs is 1. The van der Waals surface area contributed by atoms with Crippen LogP contribution in [0.4, 0.5) is 17.1 Å². The zero-order chi connectivity index (χ0) is 32.6. The Morgan fingerprint density at radius 2 is 0.816 bits per heavy atom. The summed E-state index contributed by atoms with van der Waals surface area (Å²) in [6.07, 6.45) is 0. The fraction of sp³-hybridized carbons (Fsp3) is 0. The van der Waals surface area contributed by atoms with E-state index in [-0.39, 0.29) is 0 Å². The Bertz CT molecular complexity index is 2360. The summed E-state index contributed by atoms with van der Waals surface area (Å²) in [6, 6.07) is 65.5. The van der Waals surface area contributed by atoms with Gasteiger partial charge in [-0.3, -0.25) is 0 Å². The Hall–Kier alpha value is -6.58. The first kappa shape index (κ1) is 28.6. The van der Waals surface area contributed by atoms with E-state index in [2.05, 4.69) is 150 Å². The van der Waals surface area contributed by atoms with Crippen molar-refractivity contribution >= 4 is 27.8 Å². The second kappa shape index (κ2) is 12.2. The van der Waals surface area contributed by atoms with Crippen molar-refractivity contribution in [1.82, 2.24) is 0 Å². The van der Waals surface area contributed by atoms with E-state index in [9.17, 15) is 0 Å². The smallest absolute Gasteiger partial charge is 0.193 e. The molecule has 1 heterocycles. The van der Waals surface area contributed by atoms with Crippen LogP contribution in [0.25, 0.3) is 44.2 Å². The van der Waals surface area contributed by atoms with Crippen molar-refractivity contribution in [3.63, 3.8) is 0 Å². The van der Waals surface area contributed by atoms with Gasteiger partial charge in [0.25, 0.3) is 0 Å². The normalized spacial score (nSPS) is 11.6. The molecule has 3 heteroatoms. The lowest BCUT2D eigenvalue weighted by Crippen LogP contribution is -2.12. The van der Waals surface area contributed by atoms with Crippen LogP contribution < -0.4 is 14.4 Å². The van der Waals surface area contributed by atoms with Gasteiger partial charge in [0.1, 0.15) is 11.5 Å². The second-order valence-electron chi connectivity index (χ2n) is 12.2. The van der Waals surface area contributed by atoms with Gasteiger partial charge in [0.2, 0.25) is 0 Å². The van der Waals surface area contributed by atoms with Gasteiger partial charge in [-0.05, 0) is 93.4 Å². The SMILES string of the molecule is c1ccc(-c2ccc(N(c3cc(-c4ccccc4)cc(-c4ccccc4)c3)c3cccc4c3Oc3cccc5cccc(c35)O4)cc2)cc1. The highest BCUT2D eigenvalue weighted by atomic mass is 16.5. The first-order chi connectivity index (χ1) is 24.3. The van der Waals surface area contributed by atoms with E-state index in [0.29, 0.717) is 11.5 Å². The van der Waals surface area contributed by atoms with Crippen LogP contribution in [0.5, 0.6) is 23.0 Å². The highest BCUT2D eigenvalue weighted by molar-refractivity contribution is 5.96. The van der Waals surface area contributed by atoms with Crippen molar-refractivity contribution in [2.24, 2.45) is 0 Å². The maximum absolute atomic E-state index is 6.89. The first-order valence-electron chi connectivity index (χ1n) is 16.5. The summed E-state index contributed by atoms with van der Waals surface area (Å²) >= 11 is 0. The summed E-state index contributed by atoms with van der Waals surface area (Å²) in [6.45, 7) is 0. The topological polar surface area (TPSA) is 21.7 Å². The minimum Gasteiger partial charge on any atom is -0.453 e. The molecule has 1 aliphatic heterocycles. The third-order valence-corrected chi connectivity index (χ3v) is 9.08. The van der Waals surface area contributed by atoms with Gasteiger partial charge < -0.3 is 14.4 Å². The summed E-state index contributed by atoms with van der Waals surface area (Å²) in [7, 11) is 0. The van der Waals surface area contributed by atoms with Crippen molar-refractivity contribution in [3.8, 4) is 56.4 Å². The number of hydrogen-bond donors (Lipinski definition) is 0. The third kappa shape index (κ3) is 5.38. The predicted molar refractivity (Wildman–Crippen MR) is 202 cm³/mol. The number of ether oxygens (including phenoxy) is 2. The highest BCUT2D eigenvalue weighted by Gasteiger charge is 2.26. The lowest BCUT2D eigenvalue weighted by molar-refractivity contribution is 0.440. The number of benzene rings is 8. The molecule has 49 heavy (non-hydrogen) atoms. The maximum Gasteiger partial charge on any atom is 0.193 e. The van der Waals surface area contributed by atoms with Crippen LogP contribution in [-0.4, -0.2) is 0 Å². The molecule has 0 spiro atoms. The molecule has 0 N–H and O–H groups in total. The number of para-hydroxylation sites is 1. The largest absolute Gasteiger partial charge is 0.453 e. The van der Waals surface area contributed by atoms with E-state index >= 15 is 0 Å². The molecular weight excluding hydrogens is 599 g/mol. The molecule has 8 aromatic rings. The van der Waals surface area contributed by atoms with E-state index in [0.717, 1.165) is 67.2 Å². The van der Waals surface area contributed by atoms with Crippen molar-refractivity contribution in [2.45, 2.75) is 0 Å². The Morgan fingerprint density at radius 1 is 0.327 bits per heavy atom. The Labute approximate surface area is 285 Å². The van der Waals surface area contributed by atoms with Gasteiger partial charge in [-0.15, -0.1) is 0 Å². The van der Waals surface area contributed by atoms with Gasteiger partial charge >= 0.3 is 0 Å². The van der Waals surface area contributed by atoms with Crippen LogP contribution >= 0.6 is 0 Å². The highest BCUT2D eigenvalue weighted by Crippen LogP contribution is 2.52. The Kier molecular flexibility index (Phi) is 7.14. The monoisotopic (exact) mass is 629 g/mol. The average Bonchev–Trinajstić information content (AvgIpc) is 3.34. The first-order valence-corrected chi connectivity index (χ1v) is 16.5.